The van der Waals surface area contributed by atoms with Crippen LogP contribution in [0.15, 0.2) is 39.9 Å². The van der Waals surface area contributed by atoms with Gasteiger partial charge in [-0.3, -0.25) is 4.79 Å². The number of hydrogen-bond donors (Lipinski definition) is 2. The highest BCUT2D eigenvalue weighted by atomic mass is 79.9. The maximum atomic E-state index is 11.7. The molecule has 24 heavy (non-hydrogen) atoms. The van der Waals surface area contributed by atoms with Gasteiger partial charge in [0.25, 0.3) is 5.91 Å². The zero-order valence-electron chi connectivity index (χ0n) is 12.5. The summed E-state index contributed by atoms with van der Waals surface area (Å²) in [6, 6.07) is 8.35. The molecule has 0 unspecified atom stereocenters. The molecule has 0 spiro atoms. The largest absolute Gasteiger partial charge is 0.506 e. The van der Waals surface area contributed by atoms with E-state index in [4.69, 9.17) is 27.9 Å². The van der Waals surface area contributed by atoms with Gasteiger partial charge < -0.3 is 9.84 Å². The molecule has 2 rings (SSSR count). The normalized spacial score (nSPS) is 10.8. The second-order valence-corrected chi connectivity index (χ2v) is 6.58. The van der Waals surface area contributed by atoms with E-state index in [1.807, 2.05) is 19.1 Å². The predicted octanol–water partition coefficient (Wildman–Crippen LogP) is 4.30. The smallest absolute Gasteiger partial charge is 0.277 e. The van der Waals surface area contributed by atoms with Crippen molar-refractivity contribution in [3.05, 3.63) is 56.0 Å². The molecule has 2 N–H and O–H groups in total. The highest BCUT2D eigenvalue weighted by Gasteiger charge is 2.07. The maximum Gasteiger partial charge on any atom is 0.277 e. The van der Waals surface area contributed by atoms with Crippen LogP contribution < -0.4 is 10.2 Å². The van der Waals surface area contributed by atoms with Crippen molar-refractivity contribution < 1.29 is 14.6 Å². The molecule has 8 heteroatoms. The first-order valence-electron chi connectivity index (χ1n) is 6.75. The summed E-state index contributed by atoms with van der Waals surface area (Å²) < 4.78 is 6.35. The number of benzene rings is 2. The molecular weight excluding hydrogens is 419 g/mol. The Balaban J connectivity index is 1.91. The van der Waals surface area contributed by atoms with E-state index in [2.05, 4.69) is 26.5 Å². The molecule has 0 aliphatic carbocycles. The number of aryl methyl sites for hydroxylation is 1. The fourth-order valence-corrected chi connectivity index (χ4v) is 2.79. The Morgan fingerprint density at radius 3 is 2.83 bits per heavy atom. The molecule has 0 aliphatic heterocycles. The third kappa shape index (κ3) is 5.12. The molecule has 1 amide bonds. The van der Waals surface area contributed by atoms with Gasteiger partial charge in [-0.05, 0) is 42.8 Å². The Morgan fingerprint density at radius 2 is 2.12 bits per heavy atom. The summed E-state index contributed by atoms with van der Waals surface area (Å²) in [6.45, 7) is 1.68. The van der Waals surface area contributed by atoms with E-state index >= 15 is 0 Å². The van der Waals surface area contributed by atoms with E-state index in [0.717, 1.165) is 10.0 Å². The quantitative estimate of drug-likeness (QED) is 0.547. The van der Waals surface area contributed by atoms with Crippen molar-refractivity contribution in [2.75, 3.05) is 6.61 Å². The van der Waals surface area contributed by atoms with E-state index in [9.17, 15) is 9.90 Å². The number of hydrazone groups is 1. The second kappa shape index (κ2) is 8.37. The predicted molar refractivity (Wildman–Crippen MR) is 98.2 cm³/mol. The van der Waals surface area contributed by atoms with Crippen molar-refractivity contribution in [1.29, 1.82) is 0 Å². The number of aromatic hydroxyl groups is 1. The SMILES string of the molecule is Cc1cc(Br)ccc1OCC(=O)NN=Cc1cc(Cl)cc(Cl)c1O. The Hall–Kier alpha value is -1.76. The summed E-state index contributed by atoms with van der Waals surface area (Å²) in [7, 11) is 0. The number of phenolic OH excluding ortho intramolecular Hbond substituents is 1. The van der Waals surface area contributed by atoms with Crippen LogP contribution in [0.5, 0.6) is 11.5 Å². The Labute approximate surface area is 157 Å². The van der Waals surface area contributed by atoms with Crippen molar-refractivity contribution in [1.82, 2.24) is 5.43 Å². The van der Waals surface area contributed by atoms with E-state index < -0.39 is 5.91 Å². The minimum absolute atomic E-state index is 0.101. The summed E-state index contributed by atoms with van der Waals surface area (Å²) in [4.78, 5) is 11.7. The van der Waals surface area contributed by atoms with Crippen LogP contribution in [0, 0.1) is 6.92 Å². The van der Waals surface area contributed by atoms with Gasteiger partial charge in [0.15, 0.2) is 6.61 Å². The molecule has 0 heterocycles. The average molecular weight is 432 g/mol. The fraction of sp³-hybridized carbons (Fsp3) is 0.125. The van der Waals surface area contributed by atoms with Crippen LogP contribution in [0.1, 0.15) is 11.1 Å². The Bertz CT molecular complexity index is 797. The number of carbonyl (C=O) groups is 1. The zero-order valence-corrected chi connectivity index (χ0v) is 15.6. The van der Waals surface area contributed by atoms with Gasteiger partial charge in [-0.25, -0.2) is 5.43 Å². The number of nitrogens with zero attached hydrogens (tertiary/aromatic N) is 1. The van der Waals surface area contributed by atoms with E-state index in [1.54, 1.807) is 6.07 Å². The van der Waals surface area contributed by atoms with E-state index in [0.29, 0.717) is 10.8 Å². The summed E-state index contributed by atoms with van der Waals surface area (Å²) in [5.74, 6) is -0.00131. The van der Waals surface area contributed by atoms with Gasteiger partial charge in [0.05, 0.1) is 11.2 Å². The van der Waals surface area contributed by atoms with Crippen LogP contribution in [0.4, 0.5) is 0 Å². The van der Waals surface area contributed by atoms with Crippen LogP contribution in [0.3, 0.4) is 0 Å². The summed E-state index contributed by atoms with van der Waals surface area (Å²) in [5, 5.41) is 14.0. The third-order valence-corrected chi connectivity index (χ3v) is 3.95. The minimum atomic E-state index is -0.443. The molecule has 0 fully saturated rings. The van der Waals surface area contributed by atoms with Gasteiger partial charge in [-0.2, -0.15) is 5.10 Å². The topological polar surface area (TPSA) is 70.9 Å². The molecule has 0 aromatic heterocycles. The molecular formula is C16H13BrCl2N2O3. The minimum Gasteiger partial charge on any atom is -0.506 e. The van der Waals surface area contributed by atoms with E-state index in [1.165, 1.54) is 18.3 Å². The molecule has 2 aromatic rings. The van der Waals surface area contributed by atoms with Crippen molar-refractivity contribution in [2.24, 2.45) is 5.10 Å². The molecule has 5 nitrogen and oxygen atoms in total. The lowest BCUT2D eigenvalue weighted by molar-refractivity contribution is -0.123. The maximum absolute atomic E-state index is 11.7. The Kier molecular flexibility index (Phi) is 6.48. The van der Waals surface area contributed by atoms with Crippen LogP contribution in [-0.4, -0.2) is 23.8 Å². The molecule has 126 valence electrons. The first kappa shape index (κ1) is 18.6. The van der Waals surface area contributed by atoms with Crippen molar-refractivity contribution in [2.45, 2.75) is 6.92 Å². The third-order valence-electron chi connectivity index (χ3n) is 2.95. The van der Waals surface area contributed by atoms with Gasteiger partial charge >= 0.3 is 0 Å². The molecule has 2 aromatic carbocycles. The standard InChI is InChI=1S/C16H13BrCl2N2O3/c1-9-4-11(17)2-3-14(9)24-8-15(22)21-20-7-10-5-12(18)6-13(19)16(10)23/h2-7,23H,8H2,1H3,(H,21,22). The van der Waals surface area contributed by atoms with Crippen LogP contribution in [-0.2, 0) is 4.79 Å². The monoisotopic (exact) mass is 430 g/mol. The van der Waals surface area contributed by atoms with Gasteiger partial charge in [0, 0.05) is 15.1 Å². The molecule has 0 saturated carbocycles. The lowest BCUT2D eigenvalue weighted by atomic mass is 10.2. The van der Waals surface area contributed by atoms with Crippen molar-refractivity contribution in [3.8, 4) is 11.5 Å². The lowest BCUT2D eigenvalue weighted by Crippen LogP contribution is -2.24. The van der Waals surface area contributed by atoms with Crippen molar-refractivity contribution in [3.63, 3.8) is 0 Å². The molecule has 0 bridgehead atoms. The number of halogens is 3. The number of hydrogen-bond acceptors (Lipinski definition) is 4. The number of phenols is 1. The number of ether oxygens (including phenoxy) is 1. The summed E-state index contributed by atoms with van der Waals surface area (Å²) in [5.41, 5.74) is 3.49. The second-order valence-electron chi connectivity index (χ2n) is 4.82. The zero-order chi connectivity index (χ0) is 17.7. The number of rotatable bonds is 5. The van der Waals surface area contributed by atoms with Gasteiger partial charge in [0.1, 0.15) is 11.5 Å². The molecule has 0 saturated heterocycles. The Morgan fingerprint density at radius 1 is 1.38 bits per heavy atom. The van der Waals surface area contributed by atoms with Crippen LogP contribution in [0.2, 0.25) is 10.0 Å². The van der Waals surface area contributed by atoms with Gasteiger partial charge in [-0.1, -0.05) is 39.1 Å². The van der Waals surface area contributed by atoms with Crippen LogP contribution >= 0.6 is 39.1 Å². The highest BCUT2D eigenvalue weighted by molar-refractivity contribution is 9.10. The number of carbonyl (C=O) groups excluding carboxylic acids is 1. The summed E-state index contributed by atoms with van der Waals surface area (Å²) >= 11 is 15.0. The first-order chi connectivity index (χ1) is 11.4. The van der Waals surface area contributed by atoms with Gasteiger partial charge in [0.2, 0.25) is 0 Å². The van der Waals surface area contributed by atoms with Crippen LogP contribution in [0.25, 0.3) is 0 Å². The first-order valence-corrected chi connectivity index (χ1v) is 8.30. The van der Waals surface area contributed by atoms with Crippen molar-refractivity contribution >= 4 is 51.3 Å². The summed E-state index contributed by atoms with van der Waals surface area (Å²) in [6.07, 6.45) is 1.25. The highest BCUT2D eigenvalue weighted by Crippen LogP contribution is 2.29. The molecule has 0 radical (unpaired) electrons. The van der Waals surface area contributed by atoms with E-state index in [-0.39, 0.29) is 22.9 Å². The molecule has 0 atom stereocenters. The molecule has 0 aliphatic rings. The average Bonchev–Trinajstić information content (AvgIpc) is 2.51. The number of nitrogens with one attached hydrogen (secondary N) is 1. The van der Waals surface area contributed by atoms with Gasteiger partial charge in [-0.15, -0.1) is 0 Å². The fourth-order valence-electron chi connectivity index (χ4n) is 1.81. The number of amides is 1. The lowest BCUT2D eigenvalue weighted by Gasteiger charge is -2.08.